The van der Waals surface area contributed by atoms with Crippen molar-refractivity contribution in [3.05, 3.63) is 12.5 Å². The summed E-state index contributed by atoms with van der Waals surface area (Å²) in [5.41, 5.74) is 0.813. The van der Waals surface area contributed by atoms with Crippen molar-refractivity contribution in [3.63, 3.8) is 0 Å². The van der Waals surface area contributed by atoms with Crippen LogP contribution in [0.4, 0.5) is 5.82 Å². The lowest BCUT2D eigenvalue weighted by atomic mass is 10.3. The van der Waals surface area contributed by atoms with E-state index in [2.05, 4.69) is 20.4 Å². The summed E-state index contributed by atoms with van der Waals surface area (Å²) in [6.07, 6.45) is 3.36. The molecule has 7 heteroatoms. The zero-order valence-electron chi connectivity index (χ0n) is 10.2. The summed E-state index contributed by atoms with van der Waals surface area (Å²) in [5, 5.41) is 8.34. The fraction of sp³-hybridized carbons (Fsp3) is 0.545. The van der Waals surface area contributed by atoms with Crippen LogP contribution in [0.15, 0.2) is 12.5 Å². The normalized spacial score (nSPS) is 20.2. The Bertz CT molecular complexity index is 535. The lowest BCUT2D eigenvalue weighted by molar-refractivity contribution is -0.0819. The van der Waals surface area contributed by atoms with Crippen LogP contribution in [0, 0.1) is 0 Å². The predicted molar refractivity (Wildman–Crippen MR) is 65.4 cm³/mol. The standard InChI is InChI=1S/C11H15N5O2/c1-16-11-9(5-15-16)10(13-7-14-11)12-4-8-6-17-2-3-18-8/h5,7-8H,2-4,6H2,1H3,(H,12,13,14)/t8-/m1/s1. The zero-order valence-corrected chi connectivity index (χ0v) is 10.2. The second-order valence-electron chi connectivity index (χ2n) is 4.18. The number of nitrogens with zero attached hydrogens (tertiary/aromatic N) is 4. The van der Waals surface area contributed by atoms with Gasteiger partial charge in [-0.1, -0.05) is 0 Å². The number of fused-ring (bicyclic) bond motifs is 1. The molecule has 2 aromatic heterocycles. The van der Waals surface area contributed by atoms with Crippen LogP contribution in [-0.2, 0) is 16.5 Å². The zero-order chi connectivity index (χ0) is 12.4. The average molecular weight is 249 g/mol. The van der Waals surface area contributed by atoms with Gasteiger partial charge in [0.05, 0.1) is 37.5 Å². The van der Waals surface area contributed by atoms with E-state index in [-0.39, 0.29) is 6.10 Å². The van der Waals surface area contributed by atoms with Gasteiger partial charge in [-0.15, -0.1) is 0 Å². The van der Waals surface area contributed by atoms with Crippen LogP contribution >= 0.6 is 0 Å². The number of rotatable bonds is 3. The van der Waals surface area contributed by atoms with Crippen molar-refractivity contribution in [1.82, 2.24) is 19.7 Å². The molecular formula is C11H15N5O2. The lowest BCUT2D eigenvalue weighted by Crippen LogP contribution is -2.34. The summed E-state index contributed by atoms with van der Waals surface area (Å²) in [7, 11) is 1.86. The Morgan fingerprint density at radius 3 is 3.22 bits per heavy atom. The van der Waals surface area contributed by atoms with Crippen molar-refractivity contribution in [2.24, 2.45) is 7.05 Å². The SMILES string of the molecule is Cn1ncc2c(NC[C@@H]3COCCO3)ncnc21. The third-order valence-electron chi connectivity index (χ3n) is 2.91. The minimum atomic E-state index is 0.0698. The fourth-order valence-corrected chi connectivity index (χ4v) is 1.97. The number of aryl methyl sites for hydroxylation is 1. The minimum Gasteiger partial charge on any atom is -0.376 e. The molecule has 2 aromatic rings. The summed E-state index contributed by atoms with van der Waals surface area (Å²) < 4.78 is 12.6. The largest absolute Gasteiger partial charge is 0.376 e. The van der Waals surface area contributed by atoms with E-state index in [1.165, 1.54) is 6.33 Å². The lowest BCUT2D eigenvalue weighted by Gasteiger charge is -2.23. The van der Waals surface area contributed by atoms with E-state index < -0.39 is 0 Å². The number of hydrogen-bond donors (Lipinski definition) is 1. The summed E-state index contributed by atoms with van der Waals surface area (Å²) in [5.74, 6) is 0.780. The first kappa shape index (κ1) is 11.4. The van der Waals surface area contributed by atoms with Crippen LogP contribution < -0.4 is 5.32 Å². The molecule has 1 aliphatic heterocycles. The van der Waals surface area contributed by atoms with E-state index in [1.807, 2.05) is 7.05 Å². The molecule has 0 aliphatic carbocycles. The van der Waals surface area contributed by atoms with Crippen molar-refractivity contribution in [3.8, 4) is 0 Å². The molecule has 3 rings (SSSR count). The predicted octanol–water partition coefficient (Wildman–Crippen LogP) is 0.191. The van der Waals surface area contributed by atoms with Gasteiger partial charge in [0.2, 0.25) is 0 Å². The van der Waals surface area contributed by atoms with Gasteiger partial charge in [-0.3, -0.25) is 4.68 Å². The number of hydrogen-bond acceptors (Lipinski definition) is 6. The van der Waals surface area contributed by atoms with E-state index in [0.717, 1.165) is 16.9 Å². The van der Waals surface area contributed by atoms with Crippen LogP contribution in [0.5, 0.6) is 0 Å². The van der Waals surface area contributed by atoms with Crippen LogP contribution in [0.25, 0.3) is 11.0 Å². The molecule has 0 saturated carbocycles. The summed E-state index contributed by atoms with van der Waals surface area (Å²) in [6.45, 7) is 2.62. The molecule has 0 aromatic carbocycles. The van der Waals surface area contributed by atoms with Gasteiger partial charge in [0.1, 0.15) is 12.1 Å². The first-order chi connectivity index (χ1) is 8.84. The van der Waals surface area contributed by atoms with E-state index in [4.69, 9.17) is 9.47 Å². The maximum Gasteiger partial charge on any atom is 0.163 e. The van der Waals surface area contributed by atoms with Crippen LogP contribution in [0.2, 0.25) is 0 Å². The second kappa shape index (κ2) is 4.87. The van der Waals surface area contributed by atoms with Gasteiger partial charge in [-0.25, -0.2) is 9.97 Å². The Balaban J connectivity index is 1.74. The van der Waals surface area contributed by atoms with Gasteiger partial charge < -0.3 is 14.8 Å². The Morgan fingerprint density at radius 1 is 1.44 bits per heavy atom. The maximum atomic E-state index is 5.57. The molecule has 0 radical (unpaired) electrons. The molecule has 1 saturated heterocycles. The van der Waals surface area contributed by atoms with Gasteiger partial charge in [0.25, 0.3) is 0 Å². The van der Waals surface area contributed by atoms with Gasteiger partial charge in [0.15, 0.2) is 5.65 Å². The number of anilines is 1. The smallest absolute Gasteiger partial charge is 0.163 e. The molecule has 96 valence electrons. The first-order valence-corrected chi connectivity index (χ1v) is 5.90. The van der Waals surface area contributed by atoms with Crippen molar-refractivity contribution in [2.45, 2.75) is 6.10 Å². The highest BCUT2D eigenvalue weighted by Gasteiger charge is 2.15. The van der Waals surface area contributed by atoms with E-state index in [0.29, 0.717) is 26.4 Å². The topological polar surface area (TPSA) is 74.1 Å². The third kappa shape index (κ3) is 2.14. The molecule has 0 spiro atoms. The average Bonchev–Trinajstić information content (AvgIpc) is 2.80. The van der Waals surface area contributed by atoms with Crippen LogP contribution in [0.1, 0.15) is 0 Å². The van der Waals surface area contributed by atoms with Gasteiger partial charge in [-0.2, -0.15) is 5.10 Å². The molecule has 0 unspecified atom stereocenters. The molecule has 1 fully saturated rings. The highest BCUT2D eigenvalue weighted by atomic mass is 16.6. The fourth-order valence-electron chi connectivity index (χ4n) is 1.97. The van der Waals surface area contributed by atoms with Gasteiger partial charge in [0, 0.05) is 13.6 Å². The Morgan fingerprint density at radius 2 is 2.39 bits per heavy atom. The molecule has 0 bridgehead atoms. The summed E-state index contributed by atoms with van der Waals surface area (Å²) >= 11 is 0. The molecule has 7 nitrogen and oxygen atoms in total. The van der Waals surface area contributed by atoms with Gasteiger partial charge in [-0.05, 0) is 0 Å². The number of ether oxygens (including phenoxy) is 2. The summed E-state index contributed by atoms with van der Waals surface area (Å²) in [4.78, 5) is 8.42. The molecule has 1 aliphatic rings. The summed E-state index contributed by atoms with van der Waals surface area (Å²) in [6, 6.07) is 0. The van der Waals surface area contributed by atoms with E-state index in [1.54, 1.807) is 10.9 Å². The Kier molecular flexibility index (Phi) is 3.07. The van der Waals surface area contributed by atoms with E-state index in [9.17, 15) is 0 Å². The maximum absolute atomic E-state index is 5.57. The third-order valence-corrected chi connectivity index (χ3v) is 2.91. The van der Waals surface area contributed by atoms with Crippen molar-refractivity contribution in [1.29, 1.82) is 0 Å². The highest BCUT2D eigenvalue weighted by molar-refractivity contribution is 5.85. The Labute approximate surface area is 104 Å². The minimum absolute atomic E-state index is 0.0698. The van der Waals surface area contributed by atoms with Crippen molar-refractivity contribution < 1.29 is 9.47 Å². The molecule has 3 heterocycles. The van der Waals surface area contributed by atoms with E-state index >= 15 is 0 Å². The monoisotopic (exact) mass is 249 g/mol. The van der Waals surface area contributed by atoms with Crippen molar-refractivity contribution >= 4 is 16.9 Å². The first-order valence-electron chi connectivity index (χ1n) is 5.90. The van der Waals surface area contributed by atoms with Gasteiger partial charge >= 0.3 is 0 Å². The second-order valence-corrected chi connectivity index (χ2v) is 4.18. The molecule has 18 heavy (non-hydrogen) atoms. The quantitative estimate of drug-likeness (QED) is 0.837. The van der Waals surface area contributed by atoms with Crippen LogP contribution in [0.3, 0.4) is 0 Å². The highest BCUT2D eigenvalue weighted by Crippen LogP contribution is 2.17. The number of aromatic nitrogens is 4. The molecular weight excluding hydrogens is 234 g/mol. The van der Waals surface area contributed by atoms with Crippen molar-refractivity contribution in [2.75, 3.05) is 31.7 Å². The molecule has 1 atom stereocenters. The number of nitrogens with one attached hydrogen (secondary N) is 1. The molecule has 1 N–H and O–H groups in total. The van der Waals surface area contributed by atoms with Crippen LogP contribution in [-0.4, -0.2) is 52.2 Å². The Hall–Kier alpha value is -1.73. The molecule has 0 amide bonds.